The highest BCUT2D eigenvalue weighted by atomic mass is 16.5. The van der Waals surface area contributed by atoms with Crippen LogP contribution in [-0.2, 0) is 4.74 Å². The second-order valence-corrected chi connectivity index (χ2v) is 5.09. The third-order valence-corrected chi connectivity index (χ3v) is 3.98. The third kappa shape index (κ3) is 2.09. The fourth-order valence-electron chi connectivity index (χ4n) is 3.01. The van der Waals surface area contributed by atoms with E-state index in [1.165, 1.54) is 25.7 Å². The van der Waals surface area contributed by atoms with Gasteiger partial charge in [-0.2, -0.15) is 0 Å². The zero-order valence-corrected chi connectivity index (χ0v) is 10.1. The summed E-state index contributed by atoms with van der Waals surface area (Å²) in [4.78, 5) is 0. The fourth-order valence-corrected chi connectivity index (χ4v) is 3.01. The van der Waals surface area contributed by atoms with Gasteiger partial charge in [0.2, 0.25) is 0 Å². The van der Waals surface area contributed by atoms with Crippen LogP contribution in [0.15, 0.2) is 6.33 Å². The van der Waals surface area contributed by atoms with Gasteiger partial charge in [0.1, 0.15) is 12.4 Å². The summed E-state index contributed by atoms with van der Waals surface area (Å²) in [6.07, 6.45) is 9.37. The van der Waals surface area contributed by atoms with Crippen LogP contribution in [0, 0.1) is 0 Å². The lowest BCUT2D eigenvalue weighted by atomic mass is 10.1. The zero-order valence-electron chi connectivity index (χ0n) is 10.1. The molecular weight excluding hydrogens is 216 g/mol. The van der Waals surface area contributed by atoms with E-state index in [4.69, 9.17) is 10.5 Å². The second kappa shape index (κ2) is 4.74. The van der Waals surface area contributed by atoms with Crippen molar-refractivity contribution in [3.63, 3.8) is 0 Å². The van der Waals surface area contributed by atoms with E-state index < -0.39 is 0 Å². The summed E-state index contributed by atoms with van der Waals surface area (Å²) in [5.74, 6) is 1.01. The molecule has 0 aromatic carbocycles. The summed E-state index contributed by atoms with van der Waals surface area (Å²) in [7, 11) is 0. The van der Waals surface area contributed by atoms with Crippen molar-refractivity contribution in [3.05, 3.63) is 12.2 Å². The lowest BCUT2D eigenvalue weighted by Gasteiger charge is -2.17. The quantitative estimate of drug-likeness (QED) is 0.865. The normalized spacial score (nSPS) is 30.2. The Bertz CT molecular complexity index is 372. The molecule has 17 heavy (non-hydrogen) atoms. The van der Waals surface area contributed by atoms with Crippen LogP contribution in [0.5, 0.6) is 0 Å². The van der Waals surface area contributed by atoms with Crippen LogP contribution in [0.2, 0.25) is 0 Å². The van der Waals surface area contributed by atoms with Crippen molar-refractivity contribution < 1.29 is 4.74 Å². The van der Waals surface area contributed by atoms with Crippen molar-refractivity contribution in [3.8, 4) is 0 Å². The van der Waals surface area contributed by atoms with E-state index in [9.17, 15) is 0 Å². The van der Waals surface area contributed by atoms with Gasteiger partial charge in [-0.25, -0.2) is 0 Å². The van der Waals surface area contributed by atoms with Gasteiger partial charge in [0.15, 0.2) is 5.82 Å². The highest BCUT2D eigenvalue weighted by Gasteiger charge is 2.31. The van der Waals surface area contributed by atoms with Gasteiger partial charge in [0.05, 0.1) is 6.10 Å². The highest BCUT2D eigenvalue weighted by molar-refractivity contribution is 4.98. The van der Waals surface area contributed by atoms with E-state index in [1.807, 2.05) is 6.33 Å². The summed E-state index contributed by atoms with van der Waals surface area (Å²) in [5.41, 5.74) is 5.64. The van der Waals surface area contributed by atoms with E-state index in [0.717, 1.165) is 18.7 Å². The zero-order chi connectivity index (χ0) is 11.7. The molecule has 5 heteroatoms. The van der Waals surface area contributed by atoms with E-state index >= 15 is 0 Å². The van der Waals surface area contributed by atoms with Gasteiger partial charge in [-0.15, -0.1) is 10.2 Å². The minimum absolute atomic E-state index is 0.103. The third-order valence-electron chi connectivity index (χ3n) is 3.98. The van der Waals surface area contributed by atoms with Crippen molar-refractivity contribution in [1.82, 2.24) is 14.8 Å². The molecule has 0 bridgehead atoms. The van der Waals surface area contributed by atoms with Crippen molar-refractivity contribution in [2.24, 2.45) is 5.73 Å². The maximum atomic E-state index is 5.91. The Morgan fingerprint density at radius 2 is 2.12 bits per heavy atom. The SMILES string of the molecule is NCC1CCC(c2nncn2C2CCCC2)O1. The van der Waals surface area contributed by atoms with Crippen LogP contribution in [0.3, 0.4) is 0 Å². The number of aromatic nitrogens is 3. The maximum Gasteiger partial charge on any atom is 0.162 e. The fraction of sp³-hybridized carbons (Fsp3) is 0.833. The first kappa shape index (κ1) is 11.2. The molecule has 1 aromatic heterocycles. The van der Waals surface area contributed by atoms with E-state index in [-0.39, 0.29) is 12.2 Å². The number of rotatable bonds is 3. The van der Waals surface area contributed by atoms with Crippen molar-refractivity contribution >= 4 is 0 Å². The molecular formula is C12H20N4O. The Labute approximate surface area is 101 Å². The molecule has 0 radical (unpaired) electrons. The van der Waals surface area contributed by atoms with E-state index in [2.05, 4.69) is 14.8 Å². The summed E-state index contributed by atoms with van der Waals surface area (Å²) >= 11 is 0. The van der Waals surface area contributed by atoms with E-state index in [1.54, 1.807) is 0 Å². The molecule has 1 saturated heterocycles. The molecule has 0 amide bonds. The molecule has 2 atom stereocenters. The monoisotopic (exact) mass is 236 g/mol. The smallest absolute Gasteiger partial charge is 0.162 e. The van der Waals surface area contributed by atoms with Gasteiger partial charge < -0.3 is 15.0 Å². The largest absolute Gasteiger partial charge is 0.366 e. The summed E-state index contributed by atoms with van der Waals surface area (Å²) in [6, 6.07) is 0.584. The number of nitrogens with two attached hydrogens (primary N) is 1. The molecule has 2 aliphatic rings. The van der Waals surface area contributed by atoms with Gasteiger partial charge in [-0.3, -0.25) is 0 Å². The molecule has 5 nitrogen and oxygen atoms in total. The van der Waals surface area contributed by atoms with Crippen molar-refractivity contribution in [2.45, 2.75) is 56.8 Å². The van der Waals surface area contributed by atoms with Gasteiger partial charge >= 0.3 is 0 Å². The maximum absolute atomic E-state index is 5.91. The summed E-state index contributed by atoms with van der Waals surface area (Å²) in [6.45, 7) is 0.605. The average Bonchev–Trinajstić information content (AvgIpc) is 3.09. The molecule has 1 aliphatic heterocycles. The molecule has 2 unspecified atom stereocenters. The Hall–Kier alpha value is -0.940. The van der Waals surface area contributed by atoms with Crippen LogP contribution in [0.4, 0.5) is 0 Å². The van der Waals surface area contributed by atoms with Gasteiger partial charge in [0, 0.05) is 12.6 Å². The average molecular weight is 236 g/mol. The van der Waals surface area contributed by atoms with Crippen LogP contribution < -0.4 is 5.73 Å². The molecule has 0 spiro atoms. The predicted molar refractivity (Wildman–Crippen MR) is 63.4 cm³/mol. The molecule has 1 aliphatic carbocycles. The molecule has 3 rings (SSSR count). The number of nitrogens with zero attached hydrogens (tertiary/aromatic N) is 3. The minimum atomic E-state index is 0.103. The molecule has 2 heterocycles. The van der Waals surface area contributed by atoms with Crippen LogP contribution >= 0.6 is 0 Å². The highest BCUT2D eigenvalue weighted by Crippen LogP contribution is 2.36. The first-order valence-corrected chi connectivity index (χ1v) is 6.63. The molecule has 1 aromatic rings. The topological polar surface area (TPSA) is 66.0 Å². The molecule has 2 fully saturated rings. The first-order chi connectivity index (χ1) is 8.38. The van der Waals surface area contributed by atoms with Crippen LogP contribution in [0.25, 0.3) is 0 Å². The summed E-state index contributed by atoms with van der Waals surface area (Å²) in [5, 5.41) is 8.32. The number of hydrogen-bond acceptors (Lipinski definition) is 4. The predicted octanol–water partition coefficient (Wildman–Crippen LogP) is 1.57. The Morgan fingerprint density at radius 3 is 2.82 bits per heavy atom. The van der Waals surface area contributed by atoms with Crippen LogP contribution in [-0.4, -0.2) is 27.4 Å². The number of hydrogen-bond donors (Lipinski definition) is 1. The molecule has 1 saturated carbocycles. The first-order valence-electron chi connectivity index (χ1n) is 6.63. The van der Waals surface area contributed by atoms with Gasteiger partial charge in [-0.1, -0.05) is 12.8 Å². The van der Waals surface area contributed by atoms with Gasteiger partial charge in [-0.05, 0) is 25.7 Å². The molecule has 2 N–H and O–H groups in total. The van der Waals surface area contributed by atoms with Crippen LogP contribution in [0.1, 0.15) is 56.5 Å². The standard InChI is InChI=1S/C12H20N4O/c13-7-10-5-6-11(17-10)12-15-14-8-16(12)9-3-1-2-4-9/h8-11H,1-7,13H2. The van der Waals surface area contributed by atoms with Gasteiger partial charge in [0.25, 0.3) is 0 Å². The Balaban J connectivity index is 1.77. The lowest BCUT2D eigenvalue weighted by Crippen LogP contribution is -2.20. The Kier molecular flexibility index (Phi) is 3.11. The summed E-state index contributed by atoms with van der Waals surface area (Å²) < 4.78 is 8.14. The van der Waals surface area contributed by atoms with E-state index in [0.29, 0.717) is 12.6 Å². The molecule has 94 valence electrons. The minimum Gasteiger partial charge on any atom is -0.366 e. The van der Waals surface area contributed by atoms with Crippen molar-refractivity contribution in [1.29, 1.82) is 0 Å². The van der Waals surface area contributed by atoms with Crippen molar-refractivity contribution in [2.75, 3.05) is 6.54 Å². The Morgan fingerprint density at radius 1 is 1.29 bits per heavy atom. The number of ether oxygens (including phenoxy) is 1. The second-order valence-electron chi connectivity index (χ2n) is 5.09. The lowest BCUT2D eigenvalue weighted by molar-refractivity contribution is 0.0416.